The largest absolute Gasteiger partial charge is 0.493 e. The molecule has 0 aliphatic rings. The number of carbonyl (C=O) groups excluding carboxylic acids is 2. The monoisotopic (exact) mass is 457 g/mol. The first kappa shape index (κ1) is 22.9. The average molecular weight is 458 g/mol. The quantitative estimate of drug-likeness (QED) is 0.500. The number of para-hydroxylation sites is 1. The van der Waals surface area contributed by atoms with E-state index in [2.05, 4.69) is 15.8 Å². The van der Waals surface area contributed by atoms with Crippen LogP contribution in [0.15, 0.2) is 41.8 Å². The molecular formula is C22H23N3O6S. The van der Waals surface area contributed by atoms with Gasteiger partial charge in [0.1, 0.15) is 10.7 Å². The van der Waals surface area contributed by atoms with Gasteiger partial charge in [-0.05, 0) is 37.3 Å². The lowest BCUT2D eigenvalue weighted by Crippen LogP contribution is -2.41. The Morgan fingerprint density at radius 2 is 1.69 bits per heavy atom. The molecule has 32 heavy (non-hydrogen) atoms. The first-order valence-electron chi connectivity index (χ1n) is 9.60. The van der Waals surface area contributed by atoms with E-state index in [1.807, 2.05) is 19.1 Å². The van der Waals surface area contributed by atoms with Gasteiger partial charge in [-0.25, -0.2) is 4.98 Å². The number of rotatable bonds is 8. The molecule has 1 aromatic heterocycles. The minimum atomic E-state index is -0.555. The van der Waals surface area contributed by atoms with Crippen molar-refractivity contribution in [3.63, 3.8) is 0 Å². The van der Waals surface area contributed by atoms with Gasteiger partial charge in [-0.2, -0.15) is 0 Å². The Morgan fingerprint density at radius 1 is 0.938 bits per heavy atom. The van der Waals surface area contributed by atoms with Crippen LogP contribution in [-0.2, 0) is 0 Å². The number of ether oxygens (including phenoxy) is 4. The average Bonchev–Trinajstić information content (AvgIpc) is 3.32. The molecule has 2 N–H and O–H groups in total. The van der Waals surface area contributed by atoms with Gasteiger partial charge in [-0.3, -0.25) is 20.4 Å². The zero-order chi connectivity index (χ0) is 23.1. The van der Waals surface area contributed by atoms with Crippen LogP contribution in [0.2, 0.25) is 0 Å². The molecule has 0 aliphatic carbocycles. The number of methoxy groups -OCH3 is 3. The highest BCUT2D eigenvalue weighted by Gasteiger charge is 2.18. The van der Waals surface area contributed by atoms with Crippen molar-refractivity contribution in [2.75, 3.05) is 27.9 Å². The summed E-state index contributed by atoms with van der Waals surface area (Å²) in [5, 5.41) is 2.17. The van der Waals surface area contributed by atoms with Gasteiger partial charge in [-0.15, -0.1) is 11.3 Å². The van der Waals surface area contributed by atoms with Gasteiger partial charge in [0.05, 0.1) is 33.5 Å². The van der Waals surface area contributed by atoms with Gasteiger partial charge in [0.15, 0.2) is 23.0 Å². The van der Waals surface area contributed by atoms with E-state index in [0.29, 0.717) is 45.7 Å². The highest BCUT2D eigenvalue weighted by molar-refractivity contribution is 7.13. The maximum Gasteiger partial charge on any atom is 0.289 e. The van der Waals surface area contributed by atoms with Crippen molar-refractivity contribution in [3.05, 3.63) is 53.0 Å². The second-order valence-corrected chi connectivity index (χ2v) is 7.14. The van der Waals surface area contributed by atoms with Gasteiger partial charge in [0.2, 0.25) is 0 Å². The van der Waals surface area contributed by atoms with E-state index < -0.39 is 11.8 Å². The third kappa shape index (κ3) is 4.92. The van der Waals surface area contributed by atoms with E-state index in [4.69, 9.17) is 18.9 Å². The second-order valence-electron chi connectivity index (χ2n) is 6.29. The summed E-state index contributed by atoms with van der Waals surface area (Å²) in [5.74, 6) is 0.962. The first-order valence-corrected chi connectivity index (χ1v) is 10.5. The number of nitrogens with zero attached hydrogens (tertiary/aromatic N) is 1. The van der Waals surface area contributed by atoms with Crippen LogP contribution in [0, 0.1) is 0 Å². The minimum absolute atomic E-state index is 0.152. The Bertz CT molecular complexity index is 1110. The zero-order valence-electron chi connectivity index (χ0n) is 18.1. The molecule has 168 valence electrons. The lowest BCUT2D eigenvalue weighted by atomic mass is 10.2. The third-order valence-electron chi connectivity index (χ3n) is 4.39. The summed E-state index contributed by atoms with van der Waals surface area (Å²) < 4.78 is 21.4. The number of nitrogens with one attached hydrogen (secondary N) is 2. The summed E-state index contributed by atoms with van der Waals surface area (Å²) >= 11 is 1.27. The molecule has 3 aromatic rings. The molecular weight excluding hydrogens is 434 g/mol. The highest BCUT2D eigenvalue weighted by atomic mass is 32.1. The summed E-state index contributed by atoms with van der Waals surface area (Å²) in [7, 11) is 4.57. The van der Waals surface area contributed by atoms with E-state index in [0.717, 1.165) is 0 Å². The van der Waals surface area contributed by atoms with Crippen LogP contribution in [0.5, 0.6) is 23.0 Å². The standard InChI is InChI=1S/C22H23N3O6S/c1-5-31-16-10-9-13(11-18(16)29-3)20(26)24-25-21(27)15-12-32-22(23-15)14-7-6-8-17(28-2)19(14)30-4/h6-12H,5H2,1-4H3,(H,24,26)(H,25,27). The van der Waals surface area contributed by atoms with Gasteiger partial charge in [0, 0.05) is 10.9 Å². The topological polar surface area (TPSA) is 108 Å². The molecule has 1 heterocycles. The Hall–Kier alpha value is -3.79. The smallest absolute Gasteiger partial charge is 0.289 e. The number of carbonyl (C=O) groups is 2. The van der Waals surface area contributed by atoms with Crippen LogP contribution < -0.4 is 29.8 Å². The summed E-state index contributed by atoms with van der Waals surface area (Å²) in [6, 6.07) is 10.1. The molecule has 0 atom stereocenters. The lowest BCUT2D eigenvalue weighted by Gasteiger charge is -2.11. The maximum atomic E-state index is 12.5. The van der Waals surface area contributed by atoms with Crippen LogP contribution >= 0.6 is 11.3 Å². The summed E-state index contributed by atoms with van der Waals surface area (Å²) in [6.07, 6.45) is 0. The van der Waals surface area contributed by atoms with Gasteiger partial charge < -0.3 is 18.9 Å². The fourth-order valence-electron chi connectivity index (χ4n) is 2.89. The van der Waals surface area contributed by atoms with Gasteiger partial charge >= 0.3 is 0 Å². The Labute approximate surface area is 189 Å². The maximum absolute atomic E-state index is 12.5. The normalized spacial score (nSPS) is 10.2. The molecule has 0 saturated carbocycles. The first-order chi connectivity index (χ1) is 15.5. The van der Waals surface area contributed by atoms with Crippen LogP contribution in [-0.4, -0.2) is 44.7 Å². The Morgan fingerprint density at radius 3 is 2.38 bits per heavy atom. The minimum Gasteiger partial charge on any atom is -0.493 e. The molecule has 3 rings (SSSR count). The Kier molecular flexibility index (Phi) is 7.50. The molecule has 0 fully saturated rings. The second kappa shape index (κ2) is 10.5. The molecule has 2 amide bonds. The fraction of sp³-hybridized carbons (Fsp3) is 0.227. The van der Waals surface area contributed by atoms with Gasteiger partial charge in [0.25, 0.3) is 11.8 Å². The Balaban J connectivity index is 1.69. The van der Waals surface area contributed by atoms with Crippen molar-refractivity contribution >= 4 is 23.2 Å². The summed E-state index contributed by atoms with van der Waals surface area (Å²) in [4.78, 5) is 29.3. The van der Waals surface area contributed by atoms with Crippen molar-refractivity contribution in [2.45, 2.75) is 6.92 Å². The number of hydrazine groups is 1. The number of benzene rings is 2. The molecule has 2 aromatic carbocycles. The predicted molar refractivity (Wildman–Crippen MR) is 120 cm³/mol. The van der Waals surface area contributed by atoms with Crippen LogP contribution in [0.4, 0.5) is 0 Å². The van der Waals surface area contributed by atoms with Crippen molar-refractivity contribution < 1.29 is 28.5 Å². The van der Waals surface area contributed by atoms with E-state index in [1.165, 1.54) is 31.6 Å². The van der Waals surface area contributed by atoms with E-state index in [-0.39, 0.29) is 5.69 Å². The fourth-order valence-corrected chi connectivity index (χ4v) is 3.71. The highest BCUT2D eigenvalue weighted by Crippen LogP contribution is 2.38. The van der Waals surface area contributed by atoms with Crippen LogP contribution in [0.3, 0.4) is 0 Å². The van der Waals surface area contributed by atoms with Gasteiger partial charge in [-0.1, -0.05) is 6.07 Å². The molecule has 0 bridgehead atoms. The molecule has 0 spiro atoms. The van der Waals surface area contributed by atoms with E-state index in [1.54, 1.807) is 30.7 Å². The van der Waals surface area contributed by atoms with Crippen molar-refractivity contribution in [2.24, 2.45) is 0 Å². The van der Waals surface area contributed by atoms with Crippen molar-refractivity contribution in [3.8, 4) is 33.6 Å². The molecule has 9 nitrogen and oxygen atoms in total. The molecule has 0 aliphatic heterocycles. The van der Waals surface area contributed by atoms with Crippen LogP contribution in [0.1, 0.15) is 27.8 Å². The number of hydrogen-bond donors (Lipinski definition) is 2. The number of amides is 2. The summed E-state index contributed by atoms with van der Waals surface area (Å²) in [5.41, 5.74) is 5.89. The number of thiazole rings is 1. The van der Waals surface area contributed by atoms with Crippen LogP contribution in [0.25, 0.3) is 10.6 Å². The lowest BCUT2D eigenvalue weighted by molar-refractivity contribution is 0.0844. The summed E-state index contributed by atoms with van der Waals surface area (Å²) in [6.45, 7) is 2.32. The zero-order valence-corrected chi connectivity index (χ0v) is 18.9. The van der Waals surface area contributed by atoms with Crippen molar-refractivity contribution in [1.82, 2.24) is 15.8 Å². The SMILES string of the molecule is CCOc1ccc(C(=O)NNC(=O)c2csc(-c3cccc(OC)c3OC)n2)cc1OC. The number of aromatic nitrogens is 1. The van der Waals surface area contributed by atoms with Crippen molar-refractivity contribution in [1.29, 1.82) is 0 Å². The third-order valence-corrected chi connectivity index (χ3v) is 5.26. The molecule has 0 unspecified atom stereocenters. The molecule has 0 radical (unpaired) electrons. The van der Waals surface area contributed by atoms with E-state index in [9.17, 15) is 9.59 Å². The predicted octanol–water partition coefficient (Wildman–Crippen LogP) is 3.31. The molecule has 0 saturated heterocycles. The van der Waals surface area contributed by atoms with E-state index >= 15 is 0 Å². The number of hydrogen-bond acceptors (Lipinski definition) is 8. The molecule has 10 heteroatoms.